The lowest BCUT2D eigenvalue weighted by Crippen LogP contribution is -2.47. The van der Waals surface area contributed by atoms with E-state index in [2.05, 4.69) is 0 Å². The number of benzene rings is 2. The standard InChI is InChI=1S/C23H21F3N2O3/c1-14(28-21(30)18-4-2-3-5-19(18)22(28)31)15-10-12-27(13-11-15)20(29)16-6-8-17(9-7-16)23(24,25)26/h2-9,14-15H,10-13H2,1H3. The predicted molar refractivity (Wildman–Crippen MR) is 106 cm³/mol. The molecule has 5 nitrogen and oxygen atoms in total. The van der Waals surface area contributed by atoms with Crippen LogP contribution in [-0.2, 0) is 6.18 Å². The van der Waals surface area contributed by atoms with Gasteiger partial charge in [0.25, 0.3) is 17.7 Å². The molecule has 0 N–H and O–H groups in total. The minimum atomic E-state index is -4.44. The number of carbonyl (C=O) groups is 3. The molecule has 0 radical (unpaired) electrons. The fourth-order valence-electron chi connectivity index (χ4n) is 4.36. The Balaban J connectivity index is 1.39. The van der Waals surface area contributed by atoms with Gasteiger partial charge < -0.3 is 4.90 Å². The molecule has 162 valence electrons. The Hall–Kier alpha value is -3.16. The van der Waals surface area contributed by atoms with E-state index in [1.807, 2.05) is 6.92 Å². The molecule has 0 bridgehead atoms. The molecule has 2 aromatic rings. The van der Waals surface area contributed by atoms with Gasteiger partial charge in [-0.25, -0.2) is 0 Å². The van der Waals surface area contributed by atoms with Crippen LogP contribution in [0.3, 0.4) is 0 Å². The van der Waals surface area contributed by atoms with Crippen molar-refractivity contribution in [3.63, 3.8) is 0 Å². The minimum Gasteiger partial charge on any atom is -0.339 e. The fraction of sp³-hybridized carbons (Fsp3) is 0.348. The van der Waals surface area contributed by atoms with Crippen molar-refractivity contribution in [1.82, 2.24) is 9.80 Å². The van der Waals surface area contributed by atoms with Crippen molar-refractivity contribution >= 4 is 17.7 Å². The Morgan fingerprint density at radius 3 is 1.94 bits per heavy atom. The second-order valence-electron chi connectivity index (χ2n) is 7.97. The Kier molecular flexibility index (Phi) is 5.33. The van der Waals surface area contributed by atoms with Gasteiger partial charge in [0.15, 0.2) is 0 Å². The maximum absolute atomic E-state index is 12.7. The third kappa shape index (κ3) is 3.82. The van der Waals surface area contributed by atoms with Crippen LogP contribution in [0, 0.1) is 5.92 Å². The van der Waals surface area contributed by atoms with Crippen molar-refractivity contribution in [3.8, 4) is 0 Å². The summed E-state index contributed by atoms with van der Waals surface area (Å²) in [6, 6.07) is 10.6. The number of amides is 3. The summed E-state index contributed by atoms with van der Waals surface area (Å²) in [5, 5.41) is 0. The van der Waals surface area contributed by atoms with E-state index in [1.165, 1.54) is 17.0 Å². The summed E-state index contributed by atoms with van der Waals surface area (Å²) in [6.07, 6.45) is -3.25. The van der Waals surface area contributed by atoms with Crippen LogP contribution in [0.4, 0.5) is 13.2 Å². The van der Waals surface area contributed by atoms with Gasteiger partial charge in [-0.05, 0) is 62.1 Å². The van der Waals surface area contributed by atoms with Gasteiger partial charge in [0, 0.05) is 24.7 Å². The van der Waals surface area contributed by atoms with Crippen LogP contribution < -0.4 is 0 Å². The highest BCUT2D eigenvalue weighted by molar-refractivity contribution is 6.21. The molecule has 2 heterocycles. The number of hydrogen-bond acceptors (Lipinski definition) is 3. The molecular formula is C23H21F3N2O3. The van der Waals surface area contributed by atoms with Crippen LogP contribution in [-0.4, -0.2) is 46.7 Å². The van der Waals surface area contributed by atoms with Crippen LogP contribution in [0.5, 0.6) is 0 Å². The highest BCUT2D eigenvalue weighted by atomic mass is 19.4. The van der Waals surface area contributed by atoms with Gasteiger partial charge in [0.05, 0.1) is 16.7 Å². The smallest absolute Gasteiger partial charge is 0.339 e. The van der Waals surface area contributed by atoms with Gasteiger partial charge in [0.2, 0.25) is 0 Å². The number of hydrogen-bond donors (Lipinski definition) is 0. The number of likely N-dealkylation sites (tertiary alicyclic amines) is 1. The molecule has 1 atom stereocenters. The van der Waals surface area contributed by atoms with E-state index in [4.69, 9.17) is 0 Å². The first-order chi connectivity index (χ1) is 14.7. The maximum Gasteiger partial charge on any atom is 0.416 e. The fourth-order valence-corrected chi connectivity index (χ4v) is 4.36. The number of imide groups is 1. The summed E-state index contributed by atoms with van der Waals surface area (Å²) >= 11 is 0. The molecule has 1 saturated heterocycles. The highest BCUT2D eigenvalue weighted by Crippen LogP contribution is 2.32. The quantitative estimate of drug-likeness (QED) is 0.685. The number of rotatable bonds is 3. The summed E-state index contributed by atoms with van der Waals surface area (Å²) in [4.78, 5) is 41.0. The van der Waals surface area contributed by atoms with Crippen molar-refractivity contribution in [2.45, 2.75) is 32.0 Å². The largest absolute Gasteiger partial charge is 0.416 e. The Bertz CT molecular complexity index is 990. The molecule has 0 spiro atoms. The molecule has 31 heavy (non-hydrogen) atoms. The van der Waals surface area contributed by atoms with E-state index in [9.17, 15) is 27.6 Å². The van der Waals surface area contributed by atoms with Gasteiger partial charge >= 0.3 is 6.18 Å². The first-order valence-corrected chi connectivity index (χ1v) is 10.1. The summed E-state index contributed by atoms with van der Waals surface area (Å²) in [7, 11) is 0. The van der Waals surface area contributed by atoms with Gasteiger partial charge in [-0.3, -0.25) is 19.3 Å². The Morgan fingerprint density at radius 2 is 1.45 bits per heavy atom. The van der Waals surface area contributed by atoms with Gasteiger partial charge in [0.1, 0.15) is 0 Å². The zero-order chi connectivity index (χ0) is 22.3. The van der Waals surface area contributed by atoms with E-state index in [-0.39, 0.29) is 35.2 Å². The number of halogens is 3. The number of alkyl halides is 3. The van der Waals surface area contributed by atoms with E-state index in [1.54, 1.807) is 29.2 Å². The van der Waals surface area contributed by atoms with Crippen molar-refractivity contribution in [3.05, 3.63) is 70.8 Å². The summed E-state index contributed by atoms with van der Waals surface area (Å²) < 4.78 is 38.2. The van der Waals surface area contributed by atoms with Gasteiger partial charge in [-0.15, -0.1) is 0 Å². The molecule has 1 fully saturated rings. The lowest BCUT2D eigenvalue weighted by atomic mass is 9.89. The van der Waals surface area contributed by atoms with Crippen molar-refractivity contribution < 1.29 is 27.6 Å². The third-order valence-electron chi connectivity index (χ3n) is 6.20. The zero-order valence-electron chi connectivity index (χ0n) is 16.9. The SMILES string of the molecule is CC(C1CCN(C(=O)c2ccc(C(F)(F)F)cc2)CC1)N1C(=O)c2ccccc2C1=O. The molecule has 1 unspecified atom stereocenters. The number of nitrogens with zero attached hydrogens (tertiary/aromatic N) is 2. The van der Waals surface area contributed by atoms with E-state index >= 15 is 0 Å². The maximum atomic E-state index is 12.7. The second-order valence-corrected chi connectivity index (χ2v) is 7.97. The number of piperidine rings is 1. The summed E-state index contributed by atoms with van der Waals surface area (Å²) in [5.41, 5.74) is 0.237. The molecule has 0 aromatic heterocycles. The lowest BCUT2D eigenvalue weighted by Gasteiger charge is -2.37. The number of carbonyl (C=O) groups excluding carboxylic acids is 3. The van der Waals surface area contributed by atoms with E-state index < -0.39 is 11.7 Å². The van der Waals surface area contributed by atoms with Gasteiger partial charge in [-0.1, -0.05) is 12.1 Å². The average molecular weight is 430 g/mol. The third-order valence-corrected chi connectivity index (χ3v) is 6.20. The molecule has 4 rings (SSSR count). The Labute approximate surface area is 177 Å². The van der Waals surface area contributed by atoms with Crippen molar-refractivity contribution in [2.75, 3.05) is 13.1 Å². The van der Waals surface area contributed by atoms with E-state index in [0.717, 1.165) is 12.1 Å². The van der Waals surface area contributed by atoms with Gasteiger partial charge in [-0.2, -0.15) is 13.2 Å². The molecule has 0 aliphatic carbocycles. The highest BCUT2D eigenvalue weighted by Gasteiger charge is 2.41. The van der Waals surface area contributed by atoms with Crippen LogP contribution in [0.2, 0.25) is 0 Å². The topological polar surface area (TPSA) is 57.7 Å². The normalized spacial score (nSPS) is 18.3. The second kappa shape index (κ2) is 7.83. The Morgan fingerprint density at radius 1 is 0.935 bits per heavy atom. The van der Waals surface area contributed by atoms with Crippen molar-refractivity contribution in [1.29, 1.82) is 0 Å². The molecule has 2 aliphatic rings. The number of fused-ring (bicyclic) bond motifs is 1. The minimum absolute atomic E-state index is 0.0406. The lowest BCUT2D eigenvalue weighted by molar-refractivity contribution is -0.137. The van der Waals surface area contributed by atoms with Crippen LogP contribution in [0.1, 0.15) is 56.4 Å². The summed E-state index contributed by atoms with van der Waals surface area (Å²) in [5.74, 6) is -0.868. The predicted octanol–water partition coefficient (Wildman–Crippen LogP) is 4.24. The molecule has 0 saturated carbocycles. The summed E-state index contributed by atoms with van der Waals surface area (Å²) in [6.45, 7) is 2.68. The molecular weight excluding hydrogens is 409 g/mol. The van der Waals surface area contributed by atoms with Crippen LogP contribution in [0.15, 0.2) is 48.5 Å². The van der Waals surface area contributed by atoms with Crippen molar-refractivity contribution in [2.24, 2.45) is 5.92 Å². The molecule has 8 heteroatoms. The van der Waals surface area contributed by atoms with E-state index in [0.29, 0.717) is 37.1 Å². The van der Waals surface area contributed by atoms with Crippen LogP contribution in [0.25, 0.3) is 0 Å². The zero-order valence-corrected chi connectivity index (χ0v) is 16.9. The molecule has 3 amide bonds. The molecule has 2 aliphatic heterocycles. The first-order valence-electron chi connectivity index (χ1n) is 10.1. The average Bonchev–Trinajstić information content (AvgIpc) is 3.03. The first kappa shape index (κ1) is 21.1. The molecule has 2 aromatic carbocycles. The van der Waals surface area contributed by atoms with Crippen LogP contribution >= 0.6 is 0 Å². The monoisotopic (exact) mass is 430 g/mol.